The highest BCUT2D eigenvalue weighted by molar-refractivity contribution is 5.28. The van der Waals surface area contributed by atoms with Gasteiger partial charge in [0.25, 0.3) is 0 Å². The molecule has 0 radical (unpaired) electrons. The standard InChI is InChI=1S/C9H14N4/c1-9(3-6-10-7-9)13-8-11-4-2-5-12-8/h2,4-5,10H,3,6-7H2,1H3,(H,11,12,13). The first kappa shape index (κ1) is 8.44. The zero-order valence-corrected chi connectivity index (χ0v) is 7.75. The summed E-state index contributed by atoms with van der Waals surface area (Å²) in [6, 6.07) is 1.82. The van der Waals surface area contributed by atoms with Crippen molar-refractivity contribution >= 4 is 5.95 Å². The van der Waals surface area contributed by atoms with E-state index >= 15 is 0 Å². The van der Waals surface area contributed by atoms with Gasteiger partial charge in [0.1, 0.15) is 0 Å². The van der Waals surface area contributed by atoms with E-state index in [0.717, 1.165) is 19.5 Å². The van der Waals surface area contributed by atoms with E-state index in [0.29, 0.717) is 5.95 Å². The molecule has 0 aromatic carbocycles. The molecule has 1 aromatic heterocycles. The lowest BCUT2D eigenvalue weighted by molar-refractivity contribution is 0.561. The average Bonchev–Trinajstić information content (AvgIpc) is 2.54. The highest BCUT2D eigenvalue weighted by Crippen LogP contribution is 2.17. The minimum absolute atomic E-state index is 0.112. The molecular formula is C9H14N4. The maximum atomic E-state index is 4.14. The van der Waals surface area contributed by atoms with Crippen LogP contribution in [0.5, 0.6) is 0 Å². The van der Waals surface area contributed by atoms with Crippen molar-refractivity contribution in [3.63, 3.8) is 0 Å². The van der Waals surface area contributed by atoms with Crippen molar-refractivity contribution in [2.24, 2.45) is 0 Å². The Morgan fingerprint density at radius 1 is 1.46 bits per heavy atom. The summed E-state index contributed by atoms with van der Waals surface area (Å²) in [6.45, 7) is 4.23. The molecule has 0 amide bonds. The summed E-state index contributed by atoms with van der Waals surface area (Å²) >= 11 is 0. The van der Waals surface area contributed by atoms with Crippen LogP contribution in [0.4, 0.5) is 5.95 Å². The van der Waals surface area contributed by atoms with E-state index in [1.165, 1.54) is 0 Å². The van der Waals surface area contributed by atoms with E-state index in [1.807, 2.05) is 6.07 Å². The minimum Gasteiger partial charge on any atom is -0.348 e. The second-order valence-electron chi connectivity index (χ2n) is 3.68. The molecule has 0 bridgehead atoms. The van der Waals surface area contributed by atoms with E-state index in [9.17, 15) is 0 Å². The van der Waals surface area contributed by atoms with Gasteiger partial charge in [0.05, 0.1) is 5.54 Å². The first-order valence-electron chi connectivity index (χ1n) is 4.54. The zero-order chi connectivity index (χ0) is 9.15. The highest BCUT2D eigenvalue weighted by atomic mass is 15.2. The van der Waals surface area contributed by atoms with Gasteiger partial charge in [-0.15, -0.1) is 0 Å². The molecule has 2 N–H and O–H groups in total. The van der Waals surface area contributed by atoms with Crippen molar-refractivity contribution in [3.05, 3.63) is 18.5 Å². The molecule has 2 rings (SSSR count). The fourth-order valence-electron chi connectivity index (χ4n) is 1.56. The lowest BCUT2D eigenvalue weighted by Gasteiger charge is -2.23. The molecular weight excluding hydrogens is 164 g/mol. The van der Waals surface area contributed by atoms with Crippen LogP contribution < -0.4 is 10.6 Å². The zero-order valence-electron chi connectivity index (χ0n) is 7.75. The predicted molar refractivity (Wildman–Crippen MR) is 51.5 cm³/mol. The second-order valence-corrected chi connectivity index (χ2v) is 3.68. The van der Waals surface area contributed by atoms with Gasteiger partial charge in [-0.1, -0.05) is 0 Å². The molecule has 4 nitrogen and oxygen atoms in total. The van der Waals surface area contributed by atoms with Crippen molar-refractivity contribution in [1.82, 2.24) is 15.3 Å². The summed E-state index contributed by atoms with van der Waals surface area (Å²) in [7, 11) is 0. The summed E-state index contributed by atoms with van der Waals surface area (Å²) in [5, 5.41) is 6.65. The number of rotatable bonds is 2. The van der Waals surface area contributed by atoms with Crippen LogP contribution in [0.3, 0.4) is 0 Å². The number of nitrogens with zero attached hydrogens (tertiary/aromatic N) is 2. The molecule has 1 aliphatic rings. The number of nitrogens with one attached hydrogen (secondary N) is 2. The third-order valence-corrected chi connectivity index (χ3v) is 2.35. The Labute approximate surface area is 77.8 Å². The van der Waals surface area contributed by atoms with Gasteiger partial charge in [-0.2, -0.15) is 0 Å². The minimum atomic E-state index is 0.112. The van der Waals surface area contributed by atoms with Crippen molar-refractivity contribution in [1.29, 1.82) is 0 Å². The van der Waals surface area contributed by atoms with Gasteiger partial charge >= 0.3 is 0 Å². The molecule has 13 heavy (non-hydrogen) atoms. The molecule has 70 valence electrons. The number of aromatic nitrogens is 2. The maximum Gasteiger partial charge on any atom is 0.223 e. The lowest BCUT2D eigenvalue weighted by atomic mass is 10.0. The predicted octanol–water partition coefficient (Wildman–Crippen LogP) is 0.640. The molecule has 1 atom stereocenters. The van der Waals surface area contributed by atoms with Crippen LogP contribution in [-0.2, 0) is 0 Å². The van der Waals surface area contributed by atoms with Crippen molar-refractivity contribution in [2.75, 3.05) is 18.4 Å². The van der Waals surface area contributed by atoms with E-state index < -0.39 is 0 Å². The quantitative estimate of drug-likeness (QED) is 0.697. The Morgan fingerprint density at radius 2 is 2.23 bits per heavy atom. The SMILES string of the molecule is CC1(Nc2ncccn2)CCNC1. The molecule has 1 saturated heterocycles. The Morgan fingerprint density at radius 3 is 2.85 bits per heavy atom. The summed E-state index contributed by atoms with van der Waals surface area (Å²) in [5.41, 5.74) is 0.112. The largest absolute Gasteiger partial charge is 0.348 e. The van der Waals surface area contributed by atoms with Gasteiger partial charge in [0, 0.05) is 18.9 Å². The molecule has 0 saturated carbocycles. The third-order valence-electron chi connectivity index (χ3n) is 2.35. The van der Waals surface area contributed by atoms with E-state index in [1.54, 1.807) is 12.4 Å². The Hall–Kier alpha value is -1.16. The summed E-state index contributed by atoms with van der Waals surface area (Å²) in [4.78, 5) is 8.27. The van der Waals surface area contributed by atoms with Gasteiger partial charge < -0.3 is 10.6 Å². The fourth-order valence-corrected chi connectivity index (χ4v) is 1.56. The average molecular weight is 178 g/mol. The second kappa shape index (κ2) is 3.30. The first-order valence-corrected chi connectivity index (χ1v) is 4.54. The van der Waals surface area contributed by atoms with Crippen LogP contribution in [0.1, 0.15) is 13.3 Å². The monoisotopic (exact) mass is 178 g/mol. The number of hydrogen-bond acceptors (Lipinski definition) is 4. The van der Waals surface area contributed by atoms with Gasteiger partial charge in [-0.25, -0.2) is 9.97 Å². The topological polar surface area (TPSA) is 49.8 Å². The smallest absolute Gasteiger partial charge is 0.223 e. The molecule has 1 aliphatic heterocycles. The van der Waals surface area contributed by atoms with E-state index in [-0.39, 0.29) is 5.54 Å². The molecule has 4 heteroatoms. The van der Waals surface area contributed by atoms with E-state index in [4.69, 9.17) is 0 Å². The first-order chi connectivity index (χ1) is 6.29. The highest BCUT2D eigenvalue weighted by Gasteiger charge is 2.28. The van der Waals surface area contributed by atoms with Gasteiger partial charge in [-0.05, 0) is 26.0 Å². The van der Waals surface area contributed by atoms with Crippen LogP contribution in [0.25, 0.3) is 0 Å². The van der Waals surface area contributed by atoms with Gasteiger partial charge in [-0.3, -0.25) is 0 Å². The molecule has 2 heterocycles. The molecule has 1 fully saturated rings. The van der Waals surface area contributed by atoms with Gasteiger partial charge in [0.15, 0.2) is 0 Å². The van der Waals surface area contributed by atoms with Crippen LogP contribution >= 0.6 is 0 Å². The van der Waals surface area contributed by atoms with E-state index in [2.05, 4.69) is 27.5 Å². The van der Waals surface area contributed by atoms with Crippen LogP contribution in [0.2, 0.25) is 0 Å². The van der Waals surface area contributed by atoms with Gasteiger partial charge in [0.2, 0.25) is 5.95 Å². The maximum absolute atomic E-state index is 4.14. The van der Waals surface area contributed by atoms with Crippen LogP contribution in [0, 0.1) is 0 Å². The molecule has 0 spiro atoms. The normalized spacial score (nSPS) is 27.5. The number of anilines is 1. The van der Waals surface area contributed by atoms with Crippen LogP contribution in [0.15, 0.2) is 18.5 Å². The molecule has 0 aliphatic carbocycles. The molecule has 1 unspecified atom stereocenters. The van der Waals surface area contributed by atoms with Crippen molar-refractivity contribution in [3.8, 4) is 0 Å². The summed E-state index contributed by atoms with van der Waals surface area (Å²) in [6.07, 6.45) is 4.62. The Kier molecular flexibility index (Phi) is 2.14. The van der Waals surface area contributed by atoms with Crippen molar-refractivity contribution < 1.29 is 0 Å². The van der Waals surface area contributed by atoms with Crippen LogP contribution in [-0.4, -0.2) is 28.6 Å². The Balaban J connectivity index is 2.05. The Bertz CT molecular complexity index is 266. The number of hydrogen-bond donors (Lipinski definition) is 2. The summed E-state index contributed by atoms with van der Waals surface area (Å²) < 4.78 is 0. The third kappa shape index (κ3) is 1.95. The molecule has 1 aromatic rings. The summed E-state index contributed by atoms with van der Waals surface area (Å²) in [5.74, 6) is 0.716. The van der Waals surface area contributed by atoms with Crippen molar-refractivity contribution in [2.45, 2.75) is 18.9 Å². The fraction of sp³-hybridized carbons (Fsp3) is 0.556. The lowest BCUT2D eigenvalue weighted by Crippen LogP contribution is -2.37.